The first-order valence-electron chi connectivity index (χ1n) is 7.03. The van der Waals surface area contributed by atoms with Gasteiger partial charge in [0.25, 0.3) is 0 Å². The van der Waals surface area contributed by atoms with Crippen molar-refractivity contribution in [3.8, 4) is 0 Å². The fraction of sp³-hybridized carbons (Fsp3) is 0.235. The monoisotopic (exact) mass is 316 g/mol. The Morgan fingerprint density at radius 2 is 2.05 bits per heavy atom. The third-order valence-corrected chi connectivity index (χ3v) is 4.40. The maximum Gasteiger partial charge on any atom is 0.107 e. The van der Waals surface area contributed by atoms with Crippen LogP contribution in [-0.4, -0.2) is 11.5 Å². The molecule has 0 unspecified atom stereocenters. The molecule has 0 bridgehead atoms. The molecule has 0 aliphatic carbocycles. The van der Waals surface area contributed by atoms with Gasteiger partial charge in [-0.2, -0.15) is 0 Å². The summed E-state index contributed by atoms with van der Waals surface area (Å²) in [4.78, 5) is 2.62. The van der Waals surface area contributed by atoms with Gasteiger partial charge in [0, 0.05) is 12.2 Å². The summed E-state index contributed by atoms with van der Waals surface area (Å²) in [5, 5.41) is 0.610. The van der Waals surface area contributed by atoms with Gasteiger partial charge in [-0.25, -0.2) is 0 Å². The van der Waals surface area contributed by atoms with E-state index in [0.717, 1.165) is 30.6 Å². The first kappa shape index (κ1) is 14.4. The molecule has 3 rings (SSSR count). The standard InChI is InChI=1S/C17H17ClN2S/c1-11-7-8-14-12(10-11)4-3-9-20(14)15-6-2-5-13(18)16(15)17(19)21/h2,5-8,10H,3-4,9H2,1H3,(H2,19,21). The van der Waals surface area contributed by atoms with E-state index < -0.39 is 0 Å². The maximum atomic E-state index is 6.30. The number of hydrogen-bond donors (Lipinski definition) is 1. The van der Waals surface area contributed by atoms with Gasteiger partial charge in [0.2, 0.25) is 0 Å². The number of aryl methyl sites for hydroxylation is 2. The van der Waals surface area contributed by atoms with Crippen molar-refractivity contribution in [2.24, 2.45) is 5.73 Å². The van der Waals surface area contributed by atoms with Crippen molar-refractivity contribution in [3.63, 3.8) is 0 Å². The Bertz CT molecular complexity index is 712. The van der Waals surface area contributed by atoms with Crippen LogP contribution in [0.25, 0.3) is 0 Å². The molecule has 2 nitrogen and oxygen atoms in total. The largest absolute Gasteiger partial charge is 0.389 e. The van der Waals surface area contributed by atoms with Crippen molar-refractivity contribution >= 4 is 40.2 Å². The summed E-state index contributed by atoms with van der Waals surface area (Å²) < 4.78 is 0. The Labute approximate surface area is 135 Å². The van der Waals surface area contributed by atoms with Crippen LogP contribution in [0.2, 0.25) is 5.02 Å². The van der Waals surface area contributed by atoms with Crippen LogP contribution in [0.1, 0.15) is 23.1 Å². The van der Waals surface area contributed by atoms with E-state index in [2.05, 4.69) is 30.0 Å². The quantitative estimate of drug-likeness (QED) is 0.834. The normalized spacial score (nSPS) is 13.9. The van der Waals surface area contributed by atoms with Crippen LogP contribution in [-0.2, 0) is 6.42 Å². The van der Waals surface area contributed by atoms with Crippen LogP contribution in [0, 0.1) is 6.92 Å². The molecule has 0 amide bonds. The summed E-state index contributed by atoms with van der Waals surface area (Å²) in [6.07, 6.45) is 2.22. The van der Waals surface area contributed by atoms with Crippen molar-refractivity contribution in [1.82, 2.24) is 0 Å². The van der Waals surface area contributed by atoms with Crippen LogP contribution >= 0.6 is 23.8 Å². The first-order valence-corrected chi connectivity index (χ1v) is 7.82. The van der Waals surface area contributed by atoms with E-state index in [-0.39, 0.29) is 0 Å². The number of thiocarbonyl (C=S) groups is 1. The highest BCUT2D eigenvalue weighted by Crippen LogP contribution is 2.37. The van der Waals surface area contributed by atoms with E-state index in [4.69, 9.17) is 29.6 Å². The SMILES string of the molecule is Cc1ccc2c(c1)CCCN2c1cccc(Cl)c1C(N)=S. The Hall–Kier alpha value is -1.58. The van der Waals surface area contributed by atoms with Gasteiger partial charge in [-0.1, -0.05) is 47.6 Å². The number of rotatable bonds is 2. The Morgan fingerprint density at radius 1 is 1.24 bits per heavy atom. The molecule has 0 aromatic heterocycles. The predicted molar refractivity (Wildman–Crippen MR) is 93.8 cm³/mol. The van der Waals surface area contributed by atoms with E-state index in [1.54, 1.807) is 0 Å². The summed E-state index contributed by atoms with van der Waals surface area (Å²) in [7, 11) is 0. The minimum atomic E-state index is 0.342. The van der Waals surface area contributed by atoms with Gasteiger partial charge in [0.1, 0.15) is 4.99 Å². The molecule has 108 valence electrons. The molecule has 4 heteroatoms. The summed E-state index contributed by atoms with van der Waals surface area (Å²) in [5.41, 5.74) is 11.5. The predicted octanol–water partition coefficient (Wildman–Crippen LogP) is 4.37. The second-order valence-electron chi connectivity index (χ2n) is 5.39. The highest BCUT2D eigenvalue weighted by atomic mass is 35.5. The minimum absolute atomic E-state index is 0.342. The van der Waals surface area contributed by atoms with Gasteiger partial charge in [-0.15, -0.1) is 0 Å². The number of hydrogen-bond acceptors (Lipinski definition) is 2. The van der Waals surface area contributed by atoms with Crippen molar-refractivity contribution in [2.75, 3.05) is 11.4 Å². The fourth-order valence-corrected chi connectivity index (χ4v) is 3.50. The summed E-state index contributed by atoms with van der Waals surface area (Å²) in [5.74, 6) is 0. The van der Waals surface area contributed by atoms with Gasteiger partial charge in [-0.3, -0.25) is 0 Å². The third kappa shape index (κ3) is 2.63. The van der Waals surface area contributed by atoms with Crippen LogP contribution in [0.3, 0.4) is 0 Å². The zero-order valence-electron chi connectivity index (χ0n) is 11.9. The molecule has 21 heavy (non-hydrogen) atoms. The van der Waals surface area contributed by atoms with Crippen molar-refractivity contribution in [2.45, 2.75) is 19.8 Å². The average Bonchev–Trinajstić information content (AvgIpc) is 2.45. The van der Waals surface area contributed by atoms with Gasteiger partial charge in [-0.05, 0) is 43.5 Å². The fourth-order valence-electron chi connectivity index (χ4n) is 2.96. The van der Waals surface area contributed by atoms with Crippen molar-refractivity contribution in [3.05, 3.63) is 58.1 Å². The molecule has 1 heterocycles. The summed E-state index contributed by atoms with van der Waals surface area (Å²) >= 11 is 11.5. The Kier molecular flexibility index (Phi) is 3.87. The van der Waals surface area contributed by atoms with Crippen molar-refractivity contribution in [1.29, 1.82) is 0 Å². The topological polar surface area (TPSA) is 29.3 Å². The number of benzene rings is 2. The number of nitrogens with zero attached hydrogens (tertiary/aromatic N) is 1. The van der Waals surface area contributed by atoms with Gasteiger partial charge >= 0.3 is 0 Å². The van der Waals surface area contributed by atoms with E-state index in [9.17, 15) is 0 Å². The molecule has 0 radical (unpaired) electrons. The molecular formula is C17H17ClN2S. The number of anilines is 2. The zero-order chi connectivity index (χ0) is 15.0. The first-order chi connectivity index (χ1) is 10.1. The maximum absolute atomic E-state index is 6.30. The number of nitrogens with two attached hydrogens (primary N) is 1. The van der Waals surface area contributed by atoms with Gasteiger partial charge in [0.05, 0.1) is 16.3 Å². The van der Waals surface area contributed by atoms with E-state index in [0.29, 0.717) is 10.0 Å². The number of halogens is 1. The second kappa shape index (κ2) is 5.66. The van der Waals surface area contributed by atoms with E-state index in [1.165, 1.54) is 16.8 Å². The average molecular weight is 317 g/mol. The lowest BCUT2D eigenvalue weighted by atomic mass is 9.98. The molecule has 0 atom stereocenters. The van der Waals surface area contributed by atoms with Crippen LogP contribution in [0.15, 0.2) is 36.4 Å². The van der Waals surface area contributed by atoms with Crippen LogP contribution in [0.5, 0.6) is 0 Å². The molecule has 0 spiro atoms. The lowest BCUT2D eigenvalue weighted by molar-refractivity contribution is 0.765. The molecule has 1 aliphatic rings. The highest BCUT2D eigenvalue weighted by Gasteiger charge is 2.22. The molecular weight excluding hydrogens is 300 g/mol. The second-order valence-corrected chi connectivity index (χ2v) is 6.23. The molecule has 0 fully saturated rings. The van der Waals surface area contributed by atoms with E-state index in [1.807, 2.05) is 18.2 Å². The van der Waals surface area contributed by atoms with Crippen molar-refractivity contribution < 1.29 is 0 Å². The Balaban J connectivity index is 2.16. The van der Waals surface area contributed by atoms with Gasteiger partial charge in [0.15, 0.2) is 0 Å². The summed E-state index contributed by atoms with van der Waals surface area (Å²) in [6, 6.07) is 12.4. The van der Waals surface area contributed by atoms with E-state index >= 15 is 0 Å². The number of fused-ring (bicyclic) bond motifs is 1. The molecule has 0 saturated carbocycles. The third-order valence-electron chi connectivity index (χ3n) is 3.88. The Morgan fingerprint density at radius 3 is 2.81 bits per heavy atom. The zero-order valence-corrected chi connectivity index (χ0v) is 13.5. The molecule has 1 aliphatic heterocycles. The lowest BCUT2D eigenvalue weighted by Gasteiger charge is -2.33. The van der Waals surface area contributed by atoms with Crippen LogP contribution < -0.4 is 10.6 Å². The highest BCUT2D eigenvalue weighted by molar-refractivity contribution is 7.80. The lowest BCUT2D eigenvalue weighted by Crippen LogP contribution is -2.27. The smallest absolute Gasteiger partial charge is 0.107 e. The summed E-state index contributed by atoms with van der Waals surface area (Å²) in [6.45, 7) is 3.07. The van der Waals surface area contributed by atoms with Crippen LogP contribution in [0.4, 0.5) is 11.4 Å². The minimum Gasteiger partial charge on any atom is -0.389 e. The van der Waals surface area contributed by atoms with Gasteiger partial charge < -0.3 is 10.6 Å². The molecule has 2 aromatic carbocycles. The molecule has 0 saturated heterocycles. The molecule has 2 aromatic rings. The molecule has 2 N–H and O–H groups in total.